The Morgan fingerprint density at radius 1 is 1.14 bits per heavy atom. The van der Waals surface area contributed by atoms with Crippen molar-refractivity contribution in [2.45, 2.75) is 26.7 Å². The van der Waals surface area contributed by atoms with Crippen molar-refractivity contribution in [2.24, 2.45) is 5.10 Å². The van der Waals surface area contributed by atoms with E-state index in [1.54, 1.807) is 0 Å². The van der Waals surface area contributed by atoms with Gasteiger partial charge in [-0.3, -0.25) is 9.59 Å². The number of ether oxygens (including phenoxy) is 1. The minimum absolute atomic E-state index is 0.467. The van der Waals surface area contributed by atoms with Crippen LogP contribution in [0.4, 0.5) is 0 Å². The van der Waals surface area contributed by atoms with Crippen LogP contribution in [0.1, 0.15) is 32.3 Å². The molecule has 114 valence electrons. The van der Waals surface area contributed by atoms with Gasteiger partial charge in [0.25, 0.3) is 0 Å². The molecule has 21 heavy (non-hydrogen) atoms. The van der Waals surface area contributed by atoms with Crippen LogP contribution in [0.2, 0.25) is 0 Å². The first-order chi connectivity index (χ1) is 10.2. The molecule has 0 aromatic heterocycles. The fraction of sp³-hybridized carbons (Fsp3) is 0.400. The van der Waals surface area contributed by atoms with E-state index in [0.717, 1.165) is 24.2 Å². The molecule has 6 heteroatoms. The van der Waals surface area contributed by atoms with E-state index in [-0.39, 0.29) is 0 Å². The maximum absolute atomic E-state index is 11.4. The lowest BCUT2D eigenvalue weighted by Crippen LogP contribution is -2.38. The summed E-state index contributed by atoms with van der Waals surface area (Å²) in [4.78, 5) is 22.6. The third kappa shape index (κ3) is 6.56. The molecule has 0 aliphatic carbocycles. The molecule has 0 aliphatic heterocycles. The Balaban J connectivity index is 2.42. The second-order valence-corrected chi connectivity index (χ2v) is 4.37. The predicted octanol–water partition coefficient (Wildman–Crippen LogP) is 1.45. The second kappa shape index (κ2) is 9.52. The van der Waals surface area contributed by atoms with Gasteiger partial charge in [-0.2, -0.15) is 5.10 Å². The van der Waals surface area contributed by atoms with Gasteiger partial charge in [0.1, 0.15) is 5.75 Å². The lowest BCUT2D eigenvalue weighted by atomic mass is 10.2. The average molecular weight is 291 g/mol. The van der Waals surface area contributed by atoms with Crippen molar-refractivity contribution < 1.29 is 14.3 Å². The standard InChI is InChI=1S/C15H21N3O3/c1-3-9-16-14(19)15(20)18-17-11-12-5-7-13(8-6-12)21-10-4-2/h5-8,11H,3-4,9-10H2,1-2H3,(H,16,19)(H,18,20)/b17-11-. The molecule has 0 aliphatic rings. The Kier molecular flexibility index (Phi) is 7.56. The van der Waals surface area contributed by atoms with Crippen molar-refractivity contribution in [1.29, 1.82) is 0 Å². The quantitative estimate of drug-likeness (QED) is 0.453. The van der Waals surface area contributed by atoms with Gasteiger partial charge in [-0.1, -0.05) is 13.8 Å². The molecule has 0 saturated heterocycles. The largest absolute Gasteiger partial charge is 0.494 e. The van der Waals surface area contributed by atoms with Crippen LogP contribution in [0, 0.1) is 0 Å². The monoisotopic (exact) mass is 291 g/mol. The molecule has 1 rings (SSSR count). The third-order valence-corrected chi connectivity index (χ3v) is 2.47. The predicted molar refractivity (Wildman–Crippen MR) is 81.3 cm³/mol. The Bertz CT molecular complexity index is 483. The zero-order chi connectivity index (χ0) is 15.5. The molecular weight excluding hydrogens is 270 g/mol. The molecule has 0 saturated carbocycles. The summed E-state index contributed by atoms with van der Waals surface area (Å²) in [5.41, 5.74) is 2.98. The number of nitrogens with zero attached hydrogens (tertiary/aromatic N) is 1. The van der Waals surface area contributed by atoms with Crippen molar-refractivity contribution in [3.8, 4) is 5.75 Å². The van der Waals surface area contributed by atoms with E-state index in [4.69, 9.17) is 4.74 Å². The van der Waals surface area contributed by atoms with E-state index >= 15 is 0 Å². The van der Waals surface area contributed by atoms with Crippen molar-refractivity contribution in [2.75, 3.05) is 13.2 Å². The molecule has 2 N–H and O–H groups in total. The van der Waals surface area contributed by atoms with Gasteiger partial charge in [0.2, 0.25) is 0 Å². The SMILES string of the molecule is CCCNC(=O)C(=O)N/N=C\c1ccc(OCCC)cc1. The first-order valence-electron chi connectivity index (χ1n) is 7.01. The van der Waals surface area contributed by atoms with Gasteiger partial charge in [0.15, 0.2) is 0 Å². The van der Waals surface area contributed by atoms with Crippen molar-refractivity contribution in [3.63, 3.8) is 0 Å². The van der Waals surface area contributed by atoms with Crippen LogP contribution in [0.5, 0.6) is 5.75 Å². The summed E-state index contributed by atoms with van der Waals surface area (Å²) in [6, 6.07) is 7.29. The first kappa shape index (κ1) is 16.7. The minimum atomic E-state index is -0.775. The summed E-state index contributed by atoms with van der Waals surface area (Å²) in [6.45, 7) is 5.09. The van der Waals surface area contributed by atoms with Gasteiger partial charge in [-0.05, 0) is 42.7 Å². The lowest BCUT2D eigenvalue weighted by Gasteiger charge is -2.04. The molecular formula is C15H21N3O3. The van der Waals surface area contributed by atoms with E-state index in [1.807, 2.05) is 38.1 Å². The van der Waals surface area contributed by atoms with Crippen molar-refractivity contribution >= 4 is 18.0 Å². The van der Waals surface area contributed by atoms with Gasteiger partial charge in [-0.15, -0.1) is 0 Å². The van der Waals surface area contributed by atoms with E-state index in [9.17, 15) is 9.59 Å². The first-order valence-corrected chi connectivity index (χ1v) is 7.01. The van der Waals surface area contributed by atoms with Crippen molar-refractivity contribution in [1.82, 2.24) is 10.7 Å². The number of benzene rings is 1. The average Bonchev–Trinajstić information content (AvgIpc) is 2.51. The molecule has 2 amide bonds. The highest BCUT2D eigenvalue weighted by molar-refractivity contribution is 6.35. The molecule has 0 spiro atoms. The zero-order valence-corrected chi connectivity index (χ0v) is 12.4. The summed E-state index contributed by atoms with van der Waals surface area (Å²) in [7, 11) is 0. The number of hydrogen-bond acceptors (Lipinski definition) is 4. The van der Waals surface area contributed by atoms with Crippen LogP contribution in [0.3, 0.4) is 0 Å². The van der Waals surface area contributed by atoms with Gasteiger partial charge < -0.3 is 10.1 Å². The van der Waals surface area contributed by atoms with Crippen LogP contribution in [-0.2, 0) is 9.59 Å². The van der Waals surface area contributed by atoms with Crippen molar-refractivity contribution in [3.05, 3.63) is 29.8 Å². The summed E-state index contributed by atoms with van der Waals surface area (Å²) >= 11 is 0. The molecule has 0 bridgehead atoms. The Morgan fingerprint density at radius 3 is 2.48 bits per heavy atom. The Morgan fingerprint density at radius 2 is 1.86 bits per heavy atom. The number of hydrazone groups is 1. The number of hydrogen-bond donors (Lipinski definition) is 2. The normalized spacial score (nSPS) is 10.4. The van der Waals surface area contributed by atoms with Crippen LogP contribution in [-0.4, -0.2) is 31.2 Å². The number of rotatable bonds is 7. The maximum Gasteiger partial charge on any atom is 0.329 e. The lowest BCUT2D eigenvalue weighted by molar-refractivity contribution is -0.139. The fourth-order valence-corrected chi connectivity index (χ4v) is 1.41. The molecule has 0 radical (unpaired) electrons. The van der Waals surface area contributed by atoms with Crippen LogP contribution >= 0.6 is 0 Å². The van der Waals surface area contributed by atoms with E-state index in [2.05, 4.69) is 15.8 Å². The van der Waals surface area contributed by atoms with Gasteiger partial charge >= 0.3 is 11.8 Å². The smallest absolute Gasteiger partial charge is 0.329 e. The van der Waals surface area contributed by atoms with Crippen LogP contribution < -0.4 is 15.5 Å². The highest BCUT2D eigenvalue weighted by Crippen LogP contribution is 2.11. The number of nitrogens with one attached hydrogen (secondary N) is 2. The van der Waals surface area contributed by atoms with Gasteiger partial charge in [-0.25, -0.2) is 5.43 Å². The molecule has 0 fully saturated rings. The molecule has 0 atom stereocenters. The summed E-state index contributed by atoms with van der Waals surface area (Å²) in [5.74, 6) is -0.670. The second-order valence-electron chi connectivity index (χ2n) is 4.37. The number of amides is 2. The fourth-order valence-electron chi connectivity index (χ4n) is 1.41. The molecule has 0 heterocycles. The van der Waals surface area contributed by atoms with E-state index < -0.39 is 11.8 Å². The van der Waals surface area contributed by atoms with Crippen LogP contribution in [0.15, 0.2) is 29.4 Å². The highest BCUT2D eigenvalue weighted by Gasteiger charge is 2.10. The third-order valence-electron chi connectivity index (χ3n) is 2.47. The summed E-state index contributed by atoms with van der Waals surface area (Å²) in [5, 5.41) is 6.20. The zero-order valence-electron chi connectivity index (χ0n) is 12.4. The molecule has 6 nitrogen and oxygen atoms in total. The minimum Gasteiger partial charge on any atom is -0.494 e. The maximum atomic E-state index is 11.4. The summed E-state index contributed by atoms with van der Waals surface area (Å²) in [6.07, 6.45) is 3.19. The van der Waals surface area contributed by atoms with E-state index in [0.29, 0.717) is 13.2 Å². The van der Waals surface area contributed by atoms with Gasteiger partial charge in [0, 0.05) is 6.54 Å². The van der Waals surface area contributed by atoms with Crippen LogP contribution in [0.25, 0.3) is 0 Å². The molecule has 1 aromatic carbocycles. The number of carbonyl (C=O) groups is 2. The van der Waals surface area contributed by atoms with Gasteiger partial charge in [0.05, 0.1) is 12.8 Å². The Hall–Kier alpha value is -2.37. The Labute approximate surface area is 124 Å². The topological polar surface area (TPSA) is 79.8 Å². The van der Waals surface area contributed by atoms with E-state index in [1.165, 1.54) is 6.21 Å². The molecule has 0 unspecified atom stereocenters. The summed E-state index contributed by atoms with van der Waals surface area (Å²) < 4.78 is 5.45. The highest BCUT2D eigenvalue weighted by atomic mass is 16.5. The number of carbonyl (C=O) groups excluding carboxylic acids is 2. The molecule has 1 aromatic rings.